The number of aryl methyl sites for hydroxylation is 1. The number of pyridine rings is 1. The summed E-state index contributed by atoms with van der Waals surface area (Å²) in [6.45, 7) is 2.94. The molecule has 3 aromatic carbocycles. The highest BCUT2D eigenvalue weighted by Crippen LogP contribution is 2.37. The van der Waals surface area contributed by atoms with Gasteiger partial charge in [-0.3, -0.25) is 4.79 Å². The van der Waals surface area contributed by atoms with Crippen LogP contribution in [-0.4, -0.2) is 53.3 Å². The molecule has 1 amide bonds. The van der Waals surface area contributed by atoms with Crippen LogP contribution in [0.4, 0.5) is 10.1 Å². The van der Waals surface area contributed by atoms with E-state index in [0.29, 0.717) is 36.5 Å². The van der Waals surface area contributed by atoms with E-state index in [-0.39, 0.29) is 5.91 Å². The second-order valence-electron chi connectivity index (χ2n) is 8.91. The van der Waals surface area contributed by atoms with Crippen LogP contribution in [-0.2, 0) is 5.60 Å². The lowest BCUT2D eigenvalue weighted by Crippen LogP contribution is -2.45. The highest BCUT2D eigenvalue weighted by atomic mass is 35.5. The van der Waals surface area contributed by atoms with Crippen molar-refractivity contribution in [2.24, 2.45) is 0 Å². The monoisotopic (exact) mass is 537 g/mol. The zero-order valence-corrected chi connectivity index (χ0v) is 22.5. The normalized spacial score (nSPS) is 14.0. The van der Waals surface area contributed by atoms with Crippen LogP contribution in [0.2, 0.25) is 5.02 Å². The highest BCUT2D eigenvalue weighted by Gasteiger charge is 2.36. The number of hydrogen-bond acceptors (Lipinski definition) is 5. The molecule has 1 aliphatic rings. The van der Waals surface area contributed by atoms with Crippen LogP contribution in [0.1, 0.15) is 34.3 Å². The number of aromatic nitrogens is 1. The predicted molar refractivity (Wildman–Crippen MR) is 151 cm³/mol. The number of hydrogen-bond donors (Lipinski definition) is 3. The molecule has 0 radical (unpaired) electrons. The Bertz CT molecular complexity index is 1360. The number of anilines is 1. The lowest BCUT2D eigenvalue weighted by atomic mass is 9.84. The van der Waals surface area contributed by atoms with Gasteiger partial charge in [0.05, 0.1) is 11.1 Å². The number of rotatable bonds is 3. The molecular formula is C30H33ClFN3O3. The molecular weight excluding hydrogens is 505 g/mol. The van der Waals surface area contributed by atoms with Crippen molar-refractivity contribution >= 4 is 34.1 Å². The molecule has 3 N–H and O–H groups in total. The molecule has 0 spiro atoms. The van der Waals surface area contributed by atoms with Crippen LogP contribution < -0.4 is 5.32 Å². The first kappa shape index (κ1) is 29.0. The van der Waals surface area contributed by atoms with Crippen LogP contribution in [0.15, 0.2) is 78.9 Å². The number of aliphatic hydroxyl groups excluding tert-OH is 1. The number of piperidine rings is 1. The summed E-state index contributed by atoms with van der Waals surface area (Å²) in [5.41, 5.74) is 3.17. The lowest BCUT2D eigenvalue weighted by molar-refractivity contribution is -0.0210. The van der Waals surface area contributed by atoms with Gasteiger partial charge in [-0.25, -0.2) is 4.98 Å². The summed E-state index contributed by atoms with van der Waals surface area (Å²) in [4.78, 5) is 18.2. The smallest absolute Gasteiger partial charge is 0.253 e. The Morgan fingerprint density at radius 3 is 2.26 bits per heavy atom. The van der Waals surface area contributed by atoms with Gasteiger partial charge in [-0.1, -0.05) is 48.0 Å². The quantitative estimate of drug-likeness (QED) is 0.288. The SMILES string of the molecule is CNc1ccc(C(=O)N2CCC(O)(c3ccccc3Cl)CC2)cc1.CO.Cc1cccc2ccc(F)nc12. The molecule has 200 valence electrons. The number of benzene rings is 3. The summed E-state index contributed by atoms with van der Waals surface area (Å²) in [6.07, 6.45) is 0.966. The average Bonchev–Trinajstić information content (AvgIpc) is 2.95. The van der Waals surface area contributed by atoms with Gasteiger partial charge in [-0.05, 0) is 67.8 Å². The van der Waals surface area contributed by atoms with Crippen LogP contribution in [0.5, 0.6) is 0 Å². The molecule has 6 nitrogen and oxygen atoms in total. The number of fused-ring (bicyclic) bond motifs is 1. The van der Waals surface area contributed by atoms with Gasteiger partial charge in [0.25, 0.3) is 5.91 Å². The van der Waals surface area contributed by atoms with Crippen LogP contribution in [0.25, 0.3) is 10.9 Å². The standard InChI is InChI=1S/C19H21ClN2O2.C10H8FN.CH4O/c1-21-15-8-6-14(7-9-15)18(23)22-12-10-19(24,11-13-22)16-4-2-3-5-17(16)20;1-7-3-2-4-8-5-6-9(11)12-10(7)8;1-2/h2-9,21,24H,10-13H2,1H3;2-6H,1H3;2H,1H3. The zero-order valence-electron chi connectivity index (χ0n) is 21.8. The third-order valence-corrected chi connectivity index (χ3v) is 6.89. The molecule has 1 aliphatic heterocycles. The van der Waals surface area contributed by atoms with Gasteiger partial charge in [-0.15, -0.1) is 0 Å². The minimum Gasteiger partial charge on any atom is -0.400 e. The molecule has 38 heavy (non-hydrogen) atoms. The van der Waals surface area contributed by atoms with Gasteiger partial charge in [-0.2, -0.15) is 4.39 Å². The number of carbonyl (C=O) groups excluding carboxylic acids is 1. The predicted octanol–water partition coefficient (Wildman–Crippen LogP) is 5.80. The Morgan fingerprint density at radius 1 is 0.974 bits per heavy atom. The topological polar surface area (TPSA) is 85.7 Å². The summed E-state index contributed by atoms with van der Waals surface area (Å²) < 4.78 is 12.7. The van der Waals surface area contributed by atoms with E-state index in [2.05, 4.69) is 10.3 Å². The molecule has 0 unspecified atom stereocenters. The van der Waals surface area contributed by atoms with E-state index in [0.717, 1.165) is 34.8 Å². The summed E-state index contributed by atoms with van der Waals surface area (Å²) in [5, 5.41) is 22.5. The first-order chi connectivity index (χ1) is 18.3. The van der Waals surface area contributed by atoms with Crippen molar-refractivity contribution in [2.45, 2.75) is 25.4 Å². The van der Waals surface area contributed by atoms with E-state index in [1.807, 2.05) is 74.6 Å². The molecule has 1 fully saturated rings. The van der Waals surface area contributed by atoms with E-state index < -0.39 is 11.5 Å². The van der Waals surface area contributed by atoms with E-state index in [4.69, 9.17) is 16.7 Å². The Kier molecular flexibility index (Phi) is 10.2. The minimum atomic E-state index is -0.967. The fourth-order valence-electron chi connectivity index (χ4n) is 4.42. The number of halogens is 2. The number of amides is 1. The van der Waals surface area contributed by atoms with Gasteiger partial charge < -0.3 is 20.4 Å². The second-order valence-corrected chi connectivity index (χ2v) is 9.32. The Labute approximate surface area is 227 Å². The number of aliphatic hydroxyl groups is 2. The number of likely N-dealkylation sites (tertiary alicyclic amines) is 1. The van der Waals surface area contributed by atoms with Gasteiger partial charge >= 0.3 is 0 Å². The molecule has 5 rings (SSSR count). The van der Waals surface area contributed by atoms with E-state index in [1.165, 1.54) is 6.07 Å². The Hall–Kier alpha value is -3.52. The average molecular weight is 538 g/mol. The fourth-order valence-corrected chi connectivity index (χ4v) is 4.73. The summed E-state index contributed by atoms with van der Waals surface area (Å²) >= 11 is 6.22. The van der Waals surface area contributed by atoms with Crippen molar-refractivity contribution in [1.82, 2.24) is 9.88 Å². The fraction of sp³-hybridized carbons (Fsp3) is 0.267. The van der Waals surface area contributed by atoms with Gasteiger partial charge in [0.2, 0.25) is 5.95 Å². The van der Waals surface area contributed by atoms with Crippen LogP contribution in [0.3, 0.4) is 0 Å². The van der Waals surface area contributed by atoms with E-state index in [9.17, 15) is 14.3 Å². The number of carbonyl (C=O) groups is 1. The van der Waals surface area contributed by atoms with Crippen molar-refractivity contribution < 1.29 is 19.4 Å². The highest BCUT2D eigenvalue weighted by molar-refractivity contribution is 6.31. The van der Waals surface area contributed by atoms with Crippen molar-refractivity contribution in [3.8, 4) is 0 Å². The van der Waals surface area contributed by atoms with Gasteiger partial charge in [0, 0.05) is 54.5 Å². The van der Waals surface area contributed by atoms with Crippen molar-refractivity contribution in [2.75, 3.05) is 32.6 Å². The van der Waals surface area contributed by atoms with E-state index >= 15 is 0 Å². The molecule has 0 atom stereocenters. The molecule has 0 saturated carbocycles. The van der Waals surface area contributed by atoms with Crippen molar-refractivity contribution in [3.63, 3.8) is 0 Å². The van der Waals surface area contributed by atoms with Gasteiger partial charge in [0.15, 0.2) is 0 Å². The number of para-hydroxylation sites is 1. The minimum absolute atomic E-state index is 0.00105. The molecule has 1 aromatic heterocycles. The summed E-state index contributed by atoms with van der Waals surface area (Å²) in [5.74, 6) is -0.421. The van der Waals surface area contributed by atoms with Crippen LogP contribution in [0, 0.1) is 12.9 Å². The largest absolute Gasteiger partial charge is 0.400 e. The third kappa shape index (κ3) is 6.86. The number of nitrogens with zero attached hydrogens (tertiary/aromatic N) is 2. The number of nitrogens with one attached hydrogen (secondary N) is 1. The molecule has 8 heteroatoms. The lowest BCUT2D eigenvalue weighted by Gasteiger charge is -2.39. The molecule has 2 heterocycles. The molecule has 0 aliphatic carbocycles. The maximum atomic E-state index is 12.7. The Balaban J connectivity index is 0.000000238. The first-order valence-electron chi connectivity index (χ1n) is 12.3. The molecule has 1 saturated heterocycles. The zero-order chi connectivity index (χ0) is 27.7. The molecule has 4 aromatic rings. The first-order valence-corrected chi connectivity index (χ1v) is 12.7. The maximum absolute atomic E-state index is 12.7. The van der Waals surface area contributed by atoms with Gasteiger partial charge in [0.1, 0.15) is 0 Å². The van der Waals surface area contributed by atoms with Crippen LogP contribution >= 0.6 is 11.6 Å². The summed E-state index contributed by atoms with van der Waals surface area (Å²) in [6, 6.07) is 23.7. The maximum Gasteiger partial charge on any atom is 0.253 e. The molecule has 0 bridgehead atoms. The van der Waals surface area contributed by atoms with Crippen molar-refractivity contribution in [3.05, 3.63) is 107 Å². The Morgan fingerprint density at radius 2 is 1.63 bits per heavy atom. The van der Waals surface area contributed by atoms with Crippen molar-refractivity contribution in [1.29, 1.82) is 0 Å². The third-order valence-electron chi connectivity index (χ3n) is 6.56. The summed E-state index contributed by atoms with van der Waals surface area (Å²) in [7, 11) is 2.84. The van der Waals surface area contributed by atoms with E-state index in [1.54, 1.807) is 17.0 Å². The second kappa shape index (κ2) is 13.3.